The van der Waals surface area contributed by atoms with Gasteiger partial charge in [0.05, 0.1) is 0 Å². The fourth-order valence-corrected chi connectivity index (χ4v) is 3.36. The Kier molecular flexibility index (Phi) is 3.33. The van der Waals surface area contributed by atoms with Crippen molar-refractivity contribution in [3.05, 3.63) is 30.3 Å². The van der Waals surface area contributed by atoms with Gasteiger partial charge in [0.15, 0.2) is 0 Å². The molecule has 0 spiro atoms. The molecule has 0 unspecified atom stereocenters. The Labute approximate surface area is 103 Å². The van der Waals surface area contributed by atoms with Crippen LogP contribution in [0.5, 0.6) is 0 Å². The molecular formula is C12H17N3Se. The quantitative estimate of drug-likeness (QED) is 0.861. The zero-order valence-corrected chi connectivity index (χ0v) is 11.6. The summed E-state index contributed by atoms with van der Waals surface area (Å²) in [5, 5.41) is 3.30. The Morgan fingerprint density at radius 1 is 1.31 bits per heavy atom. The van der Waals surface area contributed by atoms with E-state index >= 15 is 0 Å². The first-order valence-corrected chi connectivity index (χ1v) is 7.55. The van der Waals surface area contributed by atoms with Crippen LogP contribution in [0.4, 0.5) is 5.69 Å². The Morgan fingerprint density at radius 2 is 2.00 bits per heavy atom. The minimum absolute atomic E-state index is 0.178. The summed E-state index contributed by atoms with van der Waals surface area (Å²) in [6.45, 7) is 6.40. The molecule has 1 aliphatic rings. The standard InChI is InChI=1S/C12H17N3Se/c1-4-16-11-13-12(2,3)14-15(11)10-8-6-5-7-9-10/h5-9,14H,4H2,1-3H3. The normalized spacial score (nSPS) is 18.7. The molecule has 0 aromatic heterocycles. The number of aliphatic imine (C=N–C) groups is 1. The van der Waals surface area contributed by atoms with Gasteiger partial charge in [0.2, 0.25) is 0 Å². The maximum absolute atomic E-state index is 4.73. The number of benzene rings is 1. The Bertz CT molecular complexity index is 387. The zero-order valence-electron chi connectivity index (χ0n) is 9.90. The summed E-state index contributed by atoms with van der Waals surface area (Å²) in [5.41, 5.74) is 4.42. The van der Waals surface area contributed by atoms with Gasteiger partial charge in [-0.3, -0.25) is 0 Å². The average Bonchev–Trinajstić information content (AvgIpc) is 2.56. The molecule has 3 nitrogen and oxygen atoms in total. The molecule has 0 saturated heterocycles. The van der Waals surface area contributed by atoms with E-state index in [2.05, 4.69) is 55.5 Å². The summed E-state index contributed by atoms with van der Waals surface area (Å²) in [4.78, 5) is 4.73. The van der Waals surface area contributed by atoms with E-state index in [1.165, 1.54) is 15.7 Å². The molecule has 1 aliphatic heterocycles. The molecule has 1 aromatic carbocycles. The minimum atomic E-state index is -0.178. The van der Waals surface area contributed by atoms with E-state index in [1.54, 1.807) is 0 Å². The van der Waals surface area contributed by atoms with Crippen molar-refractivity contribution in [1.82, 2.24) is 5.43 Å². The number of nitrogens with one attached hydrogen (secondary N) is 1. The van der Waals surface area contributed by atoms with Crippen LogP contribution in [0.25, 0.3) is 0 Å². The summed E-state index contributed by atoms with van der Waals surface area (Å²) in [6, 6.07) is 10.4. The van der Waals surface area contributed by atoms with Crippen LogP contribution in [0.1, 0.15) is 20.8 Å². The van der Waals surface area contributed by atoms with E-state index in [4.69, 9.17) is 4.99 Å². The molecule has 1 N–H and O–H groups in total. The summed E-state index contributed by atoms with van der Waals surface area (Å²) < 4.78 is 1.19. The van der Waals surface area contributed by atoms with Crippen molar-refractivity contribution in [3.63, 3.8) is 0 Å². The van der Waals surface area contributed by atoms with Crippen LogP contribution >= 0.6 is 0 Å². The monoisotopic (exact) mass is 283 g/mol. The number of hydrogen-bond donors (Lipinski definition) is 1. The second-order valence-corrected chi connectivity index (χ2v) is 6.75. The molecule has 0 bridgehead atoms. The molecule has 1 heterocycles. The van der Waals surface area contributed by atoms with Gasteiger partial charge in [0.1, 0.15) is 0 Å². The summed E-state index contributed by atoms with van der Waals surface area (Å²) >= 11 is 0.441. The summed E-state index contributed by atoms with van der Waals surface area (Å²) in [6.07, 6.45) is 0. The van der Waals surface area contributed by atoms with Gasteiger partial charge >= 0.3 is 103 Å². The second-order valence-electron chi connectivity index (χ2n) is 4.17. The van der Waals surface area contributed by atoms with Crippen molar-refractivity contribution in [2.45, 2.75) is 31.8 Å². The number of hydrogen-bond acceptors (Lipinski definition) is 3. The SMILES string of the molecule is CC[Se]C1=NC(C)(C)NN1c1ccccc1. The van der Waals surface area contributed by atoms with E-state index < -0.39 is 0 Å². The zero-order chi connectivity index (χ0) is 11.6. The maximum atomic E-state index is 4.73. The molecule has 0 fully saturated rings. The molecule has 0 amide bonds. The van der Waals surface area contributed by atoms with Crippen molar-refractivity contribution in [1.29, 1.82) is 0 Å². The molecule has 1 aromatic rings. The Hall–Kier alpha value is -0.831. The molecule has 0 radical (unpaired) electrons. The van der Waals surface area contributed by atoms with Crippen LogP contribution < -0.4 is 10.4 Å². The number of nitrogens with zero attached hydrogens (tertiary/aromatic N) is 2. The predicted octanol–water partition coefficient (Wildman–Crippen LogP) is 2.25. The van der Waals surface area contributed by atoms with Crippen molar-refractivity contribution in [2.24, 2.45) is 4.99 Å². The van der Waals surface area contributed by atoms with Crippen LogP contribution in [-0.4, -0.2) is 25.4 Å². The number of rotatable bonds is 3. The van der Waals surface area contributed by atoms with E-state index in [-0.39, 0.29) is 5.66 Å². The first-order chi connectivity index (χ1) is 7.62. The van der Waals surface area contributed by atoms with Gasteiger partial charge in [-0.25, -0.2) is 0 Å². The third-order valence-electron chi connectivity index (χ3n) is 2.24. The third-order valence-corrected chi connectivity index (χ3v) is 3.96. The van der Waals surface area contributed by atoms with Gasteiger partial charge in [0, 0.05) is 0 Å². The molecule has 16 heavy (non-hydrogen) atoms. The predicted molar refractivity (Wildman–Crippen MR) is 69.8 cm³/mol. The van der Waals surface area contributed by atoms with Gasteiger partial charge in [-0.2, -0.15) is 0 Å². The molecule has 4 heteroatoms. The topological polar surface area (TPSA) is 27.6 Å². The molecule has 0 aliphatic carbocycles. The van der Waals surface area contributed by atoms with Crippen LogP contribution in [0.15, 0.2) is 35.3 Å². The van der Waals surface area contributed by atoms with Crippen molar-refractivity contribution < 1.29 is 0 Å². The van der Waals surface area contributed by atoms with Crippen LogP contribution in [0.2, 0.25) is 5.32 Å². The van der Waals surface area contributed by atoms with Crippen molar-refractivity contribution >= 4 is 25.4 Å². The number of hydrazine groups is 1. The van der Waals surface area contributed by atoms with Crippen LogP contribution in [0.3, 0.4) is 0 Å². The van der Waals surface area contributed by atoms with Crippen LogP contribution in [0, 0.1) is 0 Å². The number of para-hydroxylation sites is 1. The van der Waals surface area contributed by atoms with E-state index in [0.29, 0.717) is 15.0 Å². The fraction of sp³-hybridized carbons (Fsp3) is 0.417. The fourth-order valence-electron chi connectivity index (χ4n) is 1.61. The van der Waals surface area contributed by atoms with E-state index in [9.17, 15) is 0 Å². The first-order valence-electron chi connectivity index (χ1n) is 5.48. The molecule has 0 atom stereocenters. The average molecular weight is 282 g/mol. The summed E-state index contributed by atoms with van der Waals surface area (Å²) in [5.74, 6) is 0. The molecule has 0 saturated carbocycles. The van der Waals surface area contributed by atoms with Crippen molar-refractivity contribution in [2.75, 3.05) is 5.01 Å². The van der Waals surface area contributed by atoms with E-state index in [0.717, 1.165) is 0 Å². The van der Waals surface area contributed by atoms with Gasteiger partial charge in [-0.15, -0.1) is 0 Å². The van der Waals surface area contributed by atoms with Gasteiger partial charge in [-0.05, 0) is 0 Å². The number of anilines is 1. The Balaban J connectivity index is 2.26. The van der Waals surface area contributed by atoms with Crippen LogP contribution in [-0.2, 0) is 0 Å². The second kappa shape index (κ2) is 4.58. The molecule has 86 valence electrons. The number of amidine groups is 1. The van der Waals surface area contributed by atoms with Gasteiger partial charge < -0.3 is 0 Å². The van der Waals surface area contributed by atoms with Gasteiger partial charge in [-0.1, -0.05) is 0 Å². The first kappa shape index (κ1) is 11.6. The third kappa shape index (κ3) is 2.46. The van der Waals surface area contributed by atoms with E-state index in [1.807, 2.05) is 6.07 Å². The molecular weight excluding hydrogens is 265 g/mol. The van der Waals surface area contributed by atoms with Gasteiger partial charge in [0.25, 0.3) is 0 Å². The molecule has 2 rings (SSSR count). The Morgan fingerprint density at radius 3 is 2.62 bits per heavy atom. The van der Waals surface area contributed by atoms with Crippen molar-refractivity contribution in [3.8, 4) is 0 Å². The summed E-state index contributed by atoms with van der Waals surface area (Å²) in [7, 11) is 0.